The Morgan fingerprint density at radius 2 is 2.03 bits per heavy atom. The second-order valence-electron chi connectivity index (χ2n) is 11.1. The van der Waals surface area contributed by atoms with Crippen LogP contribution < -0.4 is 15.8 Å². The van der Waals surface area contributed by atoms with Crippen molar-refractivity contribution >= 4 is 22.8 Å². The van der Waals surface area contributed by atoms with E-state index < -0.39 is 12.0 Å². The third kappa shape index (κ3) is 5.22. The molecule has 2 aliphatic rings. The Labute approximate surface area is 227 Å². The normalized spacial score (nSPS) is 23.6. The molecule has 0 radical (unpaired) electrons. The largest absolute Gasteiger partial charge is 0.496 e. The number of carbonyl (C=O) groups is 2. The van der Waals surface area contributed by atoms with Crippen LogP contribution in [0.5, 0.6) is 5.75 Å². The quantitative estimate of drug-likeness (QED) is 0.346. The van der Waals surface area contributed by atoms with E-state index in [1.165, 1.54) is 0 Å². The van der Waals surface area contributed by atoms with Crippen molar-refractivity contribution < 1.29 is 19.4 Å². The number of nitriles is 1. The summed E-state index contributed by atoms with van der Waals surface area (Å²) in [4.78, 5) is 29.4. The second kappa shape index (κ2) is 10.7. The lowest BCUT2D eigenvalue weighted by Crippen LogP contribution is -2.48. The van der Waals surface area contributed by atoms with Gasteiger partial charge in [-0.2, -0.15) is 5.26 Å². The zero-order chi connectivity index (χ0) is 27.7. The van der Waals surface area contributed by atoms with E-state index in [-0.39, 0.29) is 29.8 Å². The Morgan fingerprint density at radius 3 is 2.69 bits per heavy atom. The summed E-state index contributed by atoms with van der Waals surface area (Å²) in [5, 5.41) is 22.1. The first-order valence-corrected chi connectivity index (χ1v) is 13.4. The zero-order valence-corrected chi connectivity index (χ0v) is 22.4. The molecular weight excluding hydrogens is 494 g/mol. The molecule has 1 saturated heterocycles. The van der Waals surface area contributed by atoms with Crippen molar-refractivity contribution in [2.24, 2.45) is 17.1 Å². The van der Waals surface area contributed by atoms with Gasteiger partial charge in [-0.3, -0.25) is 14.5 Å². The number of amides is 1. The maximum absolute atomic E-state index is 12.6. The number of likely N-dealkylation sites (tertiary alicyclic amines) is 1. The van der Waals surface area contributed by atoms with Gasteiger partial charge in [0, 0.05) is 53.3 Å². The maximum Gasteiger partial charge on any atom is 0.322 e. The molecule has 3 aromatic rings. The Balaban J connectivity index is 1.41. The van der Waals surface area contributed by atoms with Crippen LogP contribution in [0.1, 0.15) is 58.8 Å². The highest BCUT2D eigenvalue weighted by Crippen LogP contribution is 2.56. The molecule has 1 aliphatic heterocycles. The van der Waals surface area contributed by atoms with E-state index >= 15 is 0 Å². The minimum Gasteiger partial charge on any atom is -0.496 e. The van der Waals surface area contributed by atoms with E-state index in [1.54, 1.807) is 19.2 Å². The number of hydrogen-bond donors (Lipinski definition) is 4. The molecule has 204 valence electrons. The predicted molar refractivity (Wildman–Crippen MR) is 147 cm³/mol. The van der Waals surface area contributed by atoms with Crippen LogP contribution in [-0.2, 0) is 11.3 Å². The van der Waals surface area contributed by atoms with Gasteiger partial charge in [-0.15, -0.1) is 0 Å². The highest BCUT2D eigenvalue weighted by Gasteiger charge is 2.49. The standard InChI is InChI=1S/C30H35N5O4/c1-18-11-26(39-2)23(22-7-9-33-27(18)22)17-35-10-8-30(12-19(13-30)15-31)14-25(35)20-3-5-21(6-4-20)28(36)34-16-24(32)29(37)38/h3-7,9,11,19,24-25,33H,8,10,12-14,16-17,32H2,1-2H3,(H,34,36)(H,37,38)/t19?,24-,25?,30?/m0/s1. The Kier molecular flexibility index (Phi) is 7.34. The predicted octanol–water partition coefficient (Wildman–Crippen LogP) is 3.88. The van der Waals surface area contributed by atoms with Crippen molar-refractivity contribution in [3.8, 4) is 11.8 Å². The number of hydrogen-bond acceptors (Lipinski definition) is 6. The number of aryl methyl sites for hydroxylation is 1. The molecule has 1 aromatic heterocycles. The van der Waals surface area contributed by atoms with E-state index in [2.05, 4.69) is 40.3 Å². The number of aromatic nitrogens is 1. The Hall–Kier alpha value is -3.87. The van der Waals surface area contributed by atoms with Gasteiger partial charge in [0.1, 0.15) is 11.8 Å². The summed E-state index contributed by atoms with van der Waals surface area (Å²) in [5.74, 6) is -0.505. The first kappa shape index (κ1) is 26.7. The van der Waals surface area contributed by atoms with E-state index in [9.17, 15) is 14.9 Å². The van der Waals surface area contributed by atoms with Gasteiger partial charge in [-0.05, 0) is 80.0 Å². The highest BCUT2D eigenvalue weighted by atomic mass is 16.5. The molecule has 9 nitrogen and oxygen atoms in total. The minimum atomic E-state index is -1.16. The van der Waals surface area contributed by atoms with Crippen LogP contribution in [0.15, 0.2) is 42.6 Å². The van der Waals surface area contributed by atoms with Gasteiger partial charge in [0.25, 0.3) is 5.91 Å². The molecule has 39 heavy (non-hydrogen) atoms. The summed E-state index contributed by atoms with van der Waals surface area (Å²) in [6.45, 7) is 3.56. The van der Waals surface area contributed by atoms with Gasteiger partial charge in [0.15, 0.2) is 0 Å². The van der Waals surface area contributed by atoms with E-state index in [1.807, 2.05) is 18.3 Å². The number of carboxylic acid groups (broad SMARTS) is 1. The molecule has 1 aliphatic carbocycles. The lowest BCUT2D eigenvalue weighted by atomic mass is 9.56. The molecule has 1 unspecified atom stereocenters. The number of benzene rings is 2. The van der Waals surface area contributed by atoms with Crippen molar-refractivity contribution in [3.63, 3.8) is 0 Å². The number of rotatable bonds is 8. The fourth-order valence-corrected chi connectivity index (χ4v) is 6.38. The molecule has 2 aromatic carbocycles. The summed E-state index contributed by atoms with van der Waals surface area (Å²) in [5.41, 5.74) is 10.7. The molecule has 2 fully saturated rings. The third-order valence-electron chi connectivity index (χ3n) is 8.59. The van der Waals surface area contributed by atoms with Crippen molar-refractivity contribution in [3.05, 3.63) is 64.8 Å². The van der Waals surface area contributed by atoms with Gasteiger partial charge in [0.2, 0.25) is 0 Å². The van der Waals surface area contributed by atoms with Gasteiger partial charge < -0.3 is 25.9 Å². The van der Waals surface area contributed by atoms with Crippen LogP contribution in [0.4, 0.5) is 0 Å². The topological polar surface area (TPSA) is 144 Å². The molecule has 5 rings (SSSR count). The lowest BCUT2D eigenvalue weighted by molar-refractivity contribution is -0.138. The molecule has 9 heteroatoms. The molecule has 0 bridgehead atoms. The molecule has 2 heterocycles. The number of piperidine rings is 1. The highest BCUT2D eigenvalue weighted by molar-refractivity contribution is 5.94. The fraction of sp³-hybridized carbons (Fsp3) is 0.433. The van der Waals surface area contributed by atoms with Crippen LogP contribution in [0, 0.1) is 29.6 Å². The number of H-pyrrole nitrogens is 1. The van der Waals surface area contributed by atoms with Crippen LogP contribution in [0.25, 0.3) is 10.9 Å². The van der Waals surface area contributed by atoms with Crippen molar-refractivity contribution in [1.82, 2.24) is 15.2 Å². The zero-order valence-electron chi connectivity index (χ0n) is 22.4. The number of nitrogens with two attached hydrogens (primary N) is 1. The lowest BCUT2D eigenvalue weighted by Gasteiger charge is -2.53. The second-order valence-corrected chi connectivity index (χ2v) is 11.1. The first-order valence-electron chi connectivity index (χ1n) is 13.4. The molecule has 1 saturated carbocycles. The smallest absolute Gasteiger partial charge is 0.322 e. The molecular formula is C30H35N5O4. The number of carbonyl (C=O) groups excluding carboxylic acids is 1. The number of ether oxygens (including phenoxy) is 1. The summed E-state index contributed by atoms with van der Waals surface area (Å²) in [6.07, 6.45) is 5.85. The number of carboxylic acids is 1. The van der Waals surface area contributed by atoms with Crippen LogP contribution >= 0.6 is 0 Å². The third-order valence-corrected chi connectivity index (χ3v) is 8.59. The van der Waals surface area contributed by atoms with Crippen molar-refractivity contribution in [2.45, 2.75) is 51.2 Å². The average molecular weight is 530 g/mol. The minimum absolute atomic E-state index is 0.121. The maximum atomic E-state index is 12.6. The van der Waals surface area contributed by atoms with Gasteiger partial charge in [0.05, 0.1) is 13.2 Å². The van der Waals surface area contributed by atoms with Crippen LogP contribution in [0.3, 0.4) is 0 Å². The summed E-state index contributed by atoms with van der Waals surface area (Å²) in [6, 6.07) is 13.1. The van der Waals surface area contributed by atoms with Crippen molar-refractivity contribution in [1.29, 1.82) is 5.26 Å². The first-order chi connectivity index (χ1) is 18.7. The summed E-state index contributed by atoms with van der Waals surface area (Å²) < 4.78 is 5.82. The number of nitrogens with zero attached hydrogens (tertiary/aromatic N) is 2. The van der Waals surface area contributed by atoms with Gasteiger partial charge in [-0.1, -0.05) is 12.1 Å². The van der Waals surface area contributed by atoms with Crippen LogP contribution in [0.2, 0.25) is 0 Å². The Bertz CT molecular complexity index is 1420. The fourth-order valence-electron chi connectivity index (χ4n) is 6.38. The van der Waals surface area contributed by atoms with E-state index in [0.717, 1.165) is 72.1 Å². The van der Waals surface area contributed by atoms with E-state index in [0.29, 0.717) is 5.56 Å². The SMILES string of the molecule is COc1cc(C)c2[nH]ccc2c1CN1CCC2(CC(C#N)C2)CC1c1ccc(C(=O)NC[C@H](N)C(=O)O)cc1. The van der Waals surface area contributed by atoms with Crippen LogP contribution in [-0.4, -0.2) is 53.1 Å². The molecule has 2 atom stereocenters. The summed E-state index contributed by atoms with van der Waals surface area (Å²) in [7, 11) is 1.71. The molecule has 1 spiro atoms. The molecule has 5 N–H and O–H groups in total. The van der Waals surface area contributed by atoms with Crippen molar-refractivity contribution in [2.75, 3.05) is 20.2 Å². The van der Waals surface area contributed by atoms with E-state index in [4.69, 9.17) is 15.6 Å². The van der Waals surface area contributed by atoms with Gasteiger partial charge >= 0.3 is 5.97 Å². The average Bonchev–Trinajstić information content (AvgIpc) is 3.42. The number of nitrogens with one attached hydrogen (secondary N) is 2. The summed E-state index contributed by atoms with van der Waals surface area (Å²) >= 11 is 0. The number of methoxy groups -OCH3 is 1. The number of aliphatic carboxylic acids is 1. The van der Waals surface area contributed by atoms with Gasteiger partial charge in [-0.25, -0.2) is 0 Å². The Morgan fingerprint density at radius 1 is 1.28 bits per heavy atom. The number of fused-ring (bicyclic) bond motifs is 1. The number of aromatic amines is 1. The molecule has 1 amide bonds. The monoisotopic (exact) mass is 529 g/mol.